The summed E-state index contributed by atoms with van der Waals surface area (Å²) in [6.07, 6.45) is 0.166. The summed E-state index contributed by atoms with van der Waals surface area (Å²) in [4.78, 5) is 0. The first-order chi connectivity index (χ1) is 7.47. The maximum Gasteiger partial charge on any atom is 0.123 e. The molecule has 0 saturated heterocycles. The average molecular weight is 221 g/mol. The quantitative estimate of drug-likeness (QED) is 0.755. The van der Waals surface area contributed by atoms with Crippen LogP contribution in [0.4, 0.5) is 0 Å². The molecule has 0 N–H and O–H groups in total. The van der Waals surface area contributed by atoms with E-state index in [2.05, 4.69) is 20.8 Å². The molecule has 0 amide bonds. The lowest BCUT2D eigenvalue weighted by Gasteiger charge is -2.14. The molecule has 89 valence electrons. The van der Waals surface area contributed by atoms with Crippen molar-refractivity contribution in [1.82, 2.24) is 0 Å². The summed E-state index contributed by atoms with van der Waals surface area (Å²) in [6, 6.07) is 5.76. The average Bonchev–Trinajstić information content (AvgIpc) is 2.12. The lowest BCUT2D eigenvalue weighted by atomic mass is 10.2. The zero-order valence-corrected chi connectivity index (χ0v) is 10.6. The van der Waals surface area contributed by atoms with Crippen LogP contribution < -0.4 is 9.47 Å². The van der Waals surface area contributed by atoms with Crippen molar-refractivity contribution in [1.29, 1.82) is 0 Å². The number of benzene rings is 1. The minimum atomic E-state index is 0.166. The van der Waals surface area contributed by atoms with Crippen molar-refractivity contribution >= 4 is 0 Å². The van der Waals surface area contributed by atoms with Gasteiger partial charge in [-0.1, -0.05) is 13.8 Å². The molecule has 0 aliphatic heterocycles. The van der Waals surface area contributed by atoms with Gasteiger partial charge in [0, 0.05) is 6.07 Å². The fraction of sp³-hybridized carbons (Fsp3) is 0.500. The van der Waals surface area contributed by atoms with E-state index >= 15 is 0 Å². The summed E-state index contributed by atoms with van der Waals surface area (Å²) in [5.41, 5.74) is 0.914. The van der Waals surface area contributed by atoms with Crippen LogP contribution in [0.25, 0.3) is 0 Å². The van der Waals surface area contributed by atoms with Crippen molar-refractivity contribution in [2.75, 3.05) is 6.61 Å². The number of ether oxygens (including phenoxy) is 2. The molecule has 2 heteroatoms. The summed E-state index contributed by atoms with van der Waals surface area (Å²) in [5, 5.41) is 0. The van der Waals surface area contributed by atoms with Crippen molar-refractivity contribution in [2.45, 2.75) is 33.8 Å². The standard InChI is InChI=1S/C14H21O2/c1-10(2)9-15-13-6-12(5)7-14(8-13)16-11(3)4/h6-8,10-11H,5,9H2,1-4H3. The largest absolute Gasteiger partial charge is 0.493 e. The second-order valence-electron chi connectivity index (χ2n) is 4.68. The predicted molar refractivity (Wildman–Crippen MR) is 67.0 cm³/mol. The summed E-state index contributed by atoms with van der Waals surface area (Å²) >= 11 is 0. The molecule has 1 rings (SSSR count). The van der Waals surface area contributed by atoms with Gasteiger partial charge in [0.05, 0.1) is 12.7 Å². The Morgan fingerprint density at radius 1 is 1.06 bits per heavy atom. The molecular formula is C14H21O2. The fourth-order valence-corrected chi connectivity index (χ4v) is 1.32. The van der Waals surface area contributed by atoms with Crippen LogP contribution in [-0.2, 0) is 0 Å². The topological polar surface area (TPSA) is 18.5 Å². The summed E-state index contributed by atoms with van der Waals surface area (Å²) in [5.74, 6) is 2.17. The molecule has 0 aromatic heterocycles. The Labute approximate surface area is 98.6 Å². The Balaban J connectivity index is 2.73. The van der Waals surface area contributed by atoms with E-state index in [0.717, 1.165) is 17.1 Å². The monoisotopic (exact) mass is 221 g/mol. The van der Waals surface area contributed by atoms with E-state index in [1.807, 2.05) is 32.0 Å². The van der Waals surface area contributed by atoms with Crippen LogP contribution in [0.15, 0.2) is 18.2 Å². The normalized spacial score (nSPS) is 10.9. The minimum Gasteiger partial charge on any atom is -0.493 e. The first-order valence-electron chi connectivity index (χ1n) is 5.74. The number of rotatable bonds is 5. The SMILES string of the molecule is [CH2]c1cc(OCC(C)C)cc(OC(C)C)c1. The second-order valence-corrected chi connectivity index (χ2v) is 4.68. The van der Waals surface area contributed by atoms with E-state index in [4.69, 9.17) is 9.47 Å². The van der Waals surface area contributed by atoms with Crippen LogP contribution >= 0.6 is 0 Å². The highest BCUT2D eigenvalue weighted by atomic mass is 16.5. The molecule has 0 unspecified atom stereocenters. The maximum atomic E-state index is 5.65. The summed E-state index contributed by atoms with van der Waals surface area (Å²) in [7, 11) is 0. The fourth-order valence-electron chi connectivity index (χ4n) is 1.32. The third kappa shape index (κ3) is 4.56. The number of hydrogen-bond donors (Lipinski definition) is 0. The van der Waals surface area contributed by atoms with E-state index in [1.165, 1.54) is 0 Å². The van der Waals surface area contributed by atoms with Gasteiger partial charge in [0.1, 0.15) is 11.5 Å². The first-order valence-corrected chi connectivity index (χ1v) is 5.74. The third-order valence-electron chi connectivity index (χ3n) is 1.89. The van der Waals surface area contributed by atoms with Crippen molar-refractivity contribution in [2.24, 2.45) is 5.92 Å². The van der Waals surface area contributed by atoms with Crippen molar-refractivity contribution in [3.63, 3.8) is 0 Å². The molecule has 0 bridgehead atoms. The summed E-state index contributed by atoms with van der Waals surface area (Å²) < 4.78 is 11.3. The van der Waals surface area contributed by atoms with Crippen molar-refractivity contribution in [3.8, 4) is 11.5 Å². The minimum absolute atomic E-state index is 0.166. The van der Waals surface area contributed by atoms with Gasteiger partial charge in [-0.3, -0.25) is 0 Å². The van der Waals surface area contributed by atoms with Gasteiger partial charge in [-0.05, 0) is 44.4 Å². The van der Waals surface area contributed by atoms with E-state index in [0.29, 0.717) is 12.5 Å². The maximum absolute atomic E-state index is 5.65. The molecule has 16 heavy (non-hydrogen) atoms. The first kappa shape index (κ1) is 12.9. The third-order valence-corrected chi connectivity index (χ3v) is 1.89. The van der Waals surface area contributed by atoms with Gasteiger partial charge in [0.15, 0.2) is 0 Å². The Kier molecular flexibility index (Phi) is 4.66. The Morgan fingerprint density at radius 3 is 2.25 bits per heavy atom. The molecule has 1 radical (unpaired) electrons. The van der Waals surface area contributed by atoms with Crippen LogP contribution in [0.3, 0.4) is 0 Å². The van der Waals surface area contributed by atoms with E-state index in [1.54, 1.807) is 0 Å². The van der Waals surface area contributed by atoms with Gasteiger partial charge in [-0.2, -0.15) is 0 Å². The van der Waals surface area contributed by atoms with Gasteiger partial charge in [0.2, 0.25) is 0 Å². The Hall–Kier alpha value is -1.18. The molecule has 0 spiro atoms. The predicted octanol–water partition coefficient (Wildman–Crippen LogP) is 3.69. The van der Waals surface area contributed by atoms with Gasteiger partial charge in [-0.15, -0.1) is 0 Å². The zero-order chi connectivity index (χ0) is 12.1. The molecular weight excluding hydrogens is 200 g/mol. The zero-order valence-electron chi connectivity index (χ0n) is 10.6. The molecule has 0 saturated carbocycles. The molecule has 0 aliphatic rings. The second kappa shape index (κ2) is 5.78. The molecule has 0 fully saturated rings. The van der Waals surface area contributed by atoms with Gasteiger partial charge in [-0.25, -0.2) is 0 Å². The van der Waals surface area contributed by atoms with Crippen molar-refractivity contribution in [3.05, 3.63) is 30.7 Å². The highest BCUT2D eigenvalue weighted by Crippen LogP contribution is 2.23. The smallest absolute Gasteiger partial charge is 0.123 e. The Bertz CT molecular complexity index is 330. The van der Waals surface area contributed by atoms with E-state index in [9.17, 15) is 0 Å². The number of hydrogen-bond acceptors (Lipinski definition) is 2. The van der Waals surface area contributed by atoms with Crippen LogP contribution in [0.2, 0.25) is 0 Å². The lowest BCUT2D eigenvalue weighted by Crippen LogP contribution is -2.07. The highest BCUT2D eigenvalue weighted by molar-refractivity contribution is 5.39. The van der Waals surface area contributed by atoms with E-state index in [-0.39, 0.29) is 6.10 Å². The van der Waals surface area contributed by atoms with Gasteiger partial charge >= 0.3 is 0 Å². The van der Waals surface area contributed by atoms with Gasteiger partial charge < -0.3 is 9.47 Å². The highest BCUT2D eigenvalue weighted by Gasteiger charge is 2.03. The Morgan fingerprint density at radius 2 is 1.69 bits per heavy atom. The lowest BCUT2D eigenvalue weighted by molar-refractivity contribution is 0.237. The van der Waals surface area contributed by atoms with Crippen LogP contribution in [0.1, 0.15) is 33.3 Å². The van der Waals surface area contributed by atoms with Crippen LogP contribution in [0.5, 0.6) is 11.5 Å². The van der Waals surface area contributed by atoms with Crippen LogP contribution in [-0.4, -0.2) is 12.7 Å². The molecule has 1 aromatic rings. The van der Waals surface area contributed by atoms with Crippen molar-refractivity contribution < 1.29 is 9.47 Å². The van der Waals surface area contributed by atoms with E-state index < -0.39 is 0 Å². The van der Waals surface area contributed by atoms with Crippen LogP contribution in [0, 0.1) is 12.8 Å². The summed E-state index contributed by atoms with van der Waals surface area (Å²) in [6.45, 7) is 12.9. The molecule has 1 aromatic carbocycles. The van der Waals surface area contributed by atoms with Gasteiger partial charge in [0.25, 0.3) is 0 Å². The molecule has 0 aliphatic carbocycles. The molecule has 0 atom stereocenters. The molecule has 2 nitrogen and oxygen atoms in total. The molecule has 0 heterocycles.